The Kier molecular flexibility index (Phi) is 4.42. The number of aliphatic carboxylic acids is 1. The first-order chi connectivity index (χ1) is 9.40. The second-order valence-corrected chi connectivity index (χ2v) is 5.83. The van der Waals surface area contributed by atoms with Gasteiger partial charge < -0.3 is 10.0 Å². The summed E-state index contributed by atoms with van der Waals surface area (Å²) in [6.45, 7) is 1.51. The summed E-state index contributed by atoms with van der Waals surface area (Å²) < 4.78 is 13.4. The van der Waals surface area contributed by atoms with Crippen molar-refractivity contribution < 1.29 is 19.1 Å². The van der Waals surface area contributed by atoms with E-state index in [-0.39, 0.29) is 24.2 Å². The molecule has 0 radical (unpaired) electrons. The maximum absolute atomic E-state index is 13.1. The Morgan fingerprint density at radius 2 is 2.15 bits per heavy atom. The first-order valence-corrected chi connectivity index (χ1v) is 7.17. The highest BCUT2D eigenvalue weighted by Crippen LogP contribution is 2.29. The lowest BCUT2D eigenvalue weighted by molar-refractivity contribution is -0.149. The number of benzene rings is 1. The summed E-state index contributed by atoms with van der Waals surface area (Å²) in [6.07, 6.45) is 1.76. The van der Waals surface area contributed by atoms with Gasteiger partial charge in [-0.2, -0.15) is 0 Å². The molecule has 108 valence electrons. The fourth-order valence-electron chi connectivity index (χ4n) is 2.12. The van der Waals surface area contributed by atoms with Gasteiger partial charge in [0.2, 0.25) is 5.91 Å². The zero-order valence-corrected chi connectivity index (χ0v) is 12.6. The predicted octanol–water partition coefficient (Wildman–Crippen LogP) is 2.59. The van der Waals surface area contributed by atoms with Crippen molar-refractivity contribution in [1.29, 1.82) is 0 Å². The molecule has 1 saturated carbocycles. The smallest absolute Gasteiger partial charge is 0.326 e. The van der Waals surface area contributed by atoms with Crippen LogP contribution in [0.15, 0.2) is 22.7 Å². The summed E-state index contributed by atoms with van der Waals surface area (Å²) in [4.78, 5) is 24.8. The Hall–Kier alpha value is -1.43. The maximum Gasteiger partial charge on any atom is 0.326 e. The van der Waals surface area contributed by atoms with Gasteiger partial charge in [-0.3, -0.25) is 4.79 Å². The fourth-order valence-corrected chi connectivity index (χ4v) is 2.55. The lowest BCUT2D eigenvalue weighted by Gasteiger charge is -2.26. The number of amides is 1. The molecule has 1 fully saturated rings. The monoisotopic (exact) mass is 343 g/mol. The molecular weight excluding hydrogens is 329 g/mol. The van der Waals surface area contributed by atoms with Crippen molar-refractivity contribution in [2.75, 3.05) is 0 Å². The van der Waals surface area contributed by atoms with Crippen LogP contribution in [0.2, 0.25) is 0 Å². The van der Waals surface area contributed by atoms with Crippen LogP contribution in [0.3, 0.4) is 0 Å². The molecule has 1 amide bonds. The number of hydrogen-bond acceptors (Lipinski definition) is 2. The molecule has 0 spiro atoms. The number of carboxylic acid groups (broad SMARTS) is 1. The molecule has 2 rings (SSSR count). The van der Waals surface area contributed by atoms with Crippen LogP contribution in [0, 0.1) is 5.82 Å². The molecule has 0 heterocycles. The van der Waals surface area contributed by atoms with E-state index in [0.717, 1.165) is 12.8 Å². The van der Waals surface area contributed by atoms with E-state index in [1.54, 1.807) is 6.07 Å². The van der Waals surface area contributed by atoms with Crippen LogP contribution in [0.5, 0.6) is 0 Å². The van der Waals surface area contributed by atoms with Crippen molar-refractivity contribution >= 4 is 27.8 Å². The first kappa shape index (κ1) is 15.0. The topological polar surface area (TPSA) is 57.6 Å². The van der Waals surface area contributed by atoms with Crippen LogP contribution < -0.4 is 0 Å². The molecule has 1 aliphatic rings. The van der Waals surface area contributed by atoms with Crippen molar-refractivity contribution in [1.82, 2.24) is 4.90 Å². The van der Waals surface area contributed by atoms with E-state index < -0.39 is 12.0 Å². The number of carbonyl (C=O) groups is 2. The molecule has 0 aromatic heterocycles. The quantitative estimate of drug-likeness (QED) is 0.893. The number of carbonyl (C=O) groups excluding carboxylic acids is 1. The lowest BCUT2D eigenvalue weighted by Crippen LogP contribution is -2.45. The van der Waals surface area contributed by atoms with Crippen LogP contribution in [-0.2, 0) is 16.0 Å². The SMILES string of the molecule is CC(C(=O)O)N(C(=O)Cc1ccc(F)c(Br)c1)C1CC1. The van der Waals surface area contributed by atoms with Crippen molar-refractivity contribution in [3.63, 3.8) is 0 Å². The van der Waals surface area contributed by atoms with E-state index in [1.165, 1.54) is 24.0 Å². The Morgan fingerprint density at radius 3 is 2.65 bits per heavy atom. The fraction of sp³-hybridized carbons (Fsp3) is 0.429. The molecule has 1 atom stereocenters. The first-order valence-electron chi connectivity index (χ1n) is 6.38. The summed E-state index contributed by atoms with van der Waals surface area (Å²) in [7, 11) is 0. The van der Waals surface area contributed by atoms with Gasteiger partial charge in [0.1, 0.15) is 11.9 Å². The summed E-state index contributed by atoms with van der Waals surface area (Å²) in [5.41, 5.74) is 0.659. The van der Waals surface area contributed by atoms with Gasteiger partial charge in [-0.15, -0.1) is 0 Å². The Labute approximate surface area is 124 Å². The van der Waals surface area contributed by atoms with E-state index in [2.05, 4.69) is 15.9 Å². The molecule has 1 unspecified atom stereocenters. The van der Waals surface area contributed by atoms with Gasteiger partial charge in [-0.1, -0.05) is 6.07 Å². The Morgan fingerprint density at radius 1 is 1.50 bits per heavy atom. The van der Waals surface area contributed by atoms with Gasteiger partial charge in [0.05, 0.1) is 10.9 Å². The van der Waals surface area contributed by atoms with Gasteiger partial charge in [0.15, 0.2) is 0 Å². The Balaban J connectivity index is 2.12. The zero-order valence-electron chi connectivity index (χ0n) is 11.0. The summed E-state index contributed by atoms with van der Waals surface area (Å²) in [5, 5.41) is 9.07. The molecule has 0 saturated heterocycles. The van der Waals surface area contributed by atoms with Crippen molar-refractivity contribution in [2.24, 2.45) is 0 Å². The number of rotatable bonds is 5. The van der Waals surface area contributed by atoms with E-state index in [1.807, 2.05) is 0 Å². The van der Waals surface area contributed by atoms with E-state index in [0.29, 0.717) is 10.0 Å². The van der Waals surface area contributed by atoms with Crippen LogP contribution in [0.1, 0.15) is 25.3 Å². The standard InChI is InChI=1S/C14H15BrFNO3/c1-8(14(19)20)17(10-3-4-10)13(18)7-9-2-5-12(16)11(15)6-9/h2,5-6,8,10H,3-4,7H2,1H3,(H,19,20). The second-order valence-electron chi connectivity index (χ2n) is 4.97. The van der Waals surface area contributed by atoms with Gasteiger partial charge >= 0.3 is 5.97 Å². The van der Waals surface area contributed by atoms with E-state index >= 15 is 0 Å². The number of carboxylic acids is 1. The molecule has 20 heavy (non-hydrogen) atoms. The Bertz CT molecular complexity index is 545. The van der Waals surface area contributed by atoms with Gasteiger partial charge in [0, 0.05) is 6.04 Å². The minimum Gasteiger partial charge on any atom is -0.480 e. The highest BCUT2D eigenvalue weighted by Gasteiger charge is 2.38. The van der Waals surface area contributed by atoms with Gasteiger partial charge in [-0.05, 0) is 53.4 Å². The third-order valence-corrected chi connectivity index (χ3v) is 3.95. The largest absolute Gasteiger partial charge is 0.480 e. The summed E-state index contributed by atoms with van der Waals surface area (Å²) in [5.74, 6) is -1.63. The third kappa shape index (κ3) is 3.36. The predicted molar refractivity (Wildman–Crippen MR) is 74.8 cm³/mol. The van der Waals surface area contributed by atoms with Crippen LogP contribution in [0.4, 0.5) is 4.39 Å². The van der Waals surface area contributed by atoms with Gasteiger partial charge in [-0.25, -0.2) is 9.18 Å². The summed E-state index contributed by atoms with van der Waals surface area (Å²) in [6, 6.07) is 3.56. The summed E-state index contributed by atoms with van der Waals surface area (Å²) >= 11 is 3.07. The van der Waals surface area contributed by atoms with Gasteiger partial charge in [0.25, 0.3) is 0 Å². The molecule has 4 nitrogen and oxygen atoms in total. The highest BCUT2D eigenvalue weighted by atomic mass is 79.9. The van der Waals surface area contributed by atoms with Crippen LogP contribution in [-0.4, -0.2) is 34.0 Å². The minimum absolute atomic E-state index is 0.0255. The molecule has 1 aromatic rings. The molecule has 6 heteroatoms. The number of hydrogen-bond donors (Lipinski definition) is 1. The van der Waals surface area contributed by atoms with Crippen LogP contribution >= 0.6 is 15.9 Å². The van der Waals surface area contributed by atoms with E-state index in [4.69, 9.17) is 5.11 Å². The maximum atomic E-state index is 13.1. The van der Waals surface area contributed by atoms with Crippen molar-refractivity contribution in [2.45, 2.75) is 38.3 Å². The van der Waals surface area contributed by atoms with E-state index in [9.17, 15) is 14.0 Å². The second kappa shape index (κ2) is 5.91. The normalized spacial score (nSPS) is 15.8. The average Bonchev–Trinajstić information content (AvgIpc) is 3.18. The van der Waals surface area contributed by atoms with Crippen molar-refractivity contribution in [3.05, 3.63) is 34.1 Å². The molecular formula is C14H15BrFNO3. The average molecular weight is 344 g/mol. The molecule has 1 aromatic carbocycles. The lowest BCUT2D eigenvalue weighted by atomic mass is 10.1. The minimum atomic E-state index is -1.01. The number of nitrogens with zero attached hydrogens (tertiary/aromatic N) is 1. The number of halogens is 2. The highest BCUT2D eigenvalue weighted by molar-refractivity contribution is 9.10. The van der Waals surface area contributed by atoms with Crippen molar-refractivity contribution in [3.8, 4) is 0 Å². The molecule has 1 aliphatic carbocycles. The molecule has 1 N–H and O–H groups in total. The molecule has 0 bridgehead atoms. The van der Waals surface area contributed by atoms with Crippen LogP contribution in [0.25, 0.3) is 0 Å². The molecule has 0 aliphatic heterocycles. The third-order valence-electron chi connectivity index (χ3n) is 3.34. The zero-order chi connectivity index (χ0) is 14.9.